The number of anilines is 2. The van der Waals surface area contributed by atoms with E-state index in [4.69, 9.17) is 40.2 Å². The minimum atomic E-state index is 0.482. The second-order valence-corrected chi connectivity index (χ2v) is 8.11. The molecule has 0 fully saturated rings. The lowest BCUT2D eigenvalue weighted by Gasteiger charge is -2.05. The van der Waals surface area contributed by atoms with Crippen LogP contribution in [0.5, 0.6) is 0 Å². The van der Waals surface area contributed by atoms with Crippen LogP contribution in [0.15, 0.2) is 29.6 Å². The Morgan fingerprint density at radius 1 is 1.33 bits per heavy atom. The molecule has 0 bridgehead atoms. The first-order valence-corrected chi connectivity index (χ1v) is 9.71. The van der Waals surface area contributed by atoms with Crippen LogP contribution in [0.4, 0.5) is 10.8 Å². The number of hydrogen-bond acceptors (Lipinski definition) is 6. The van der Waals surface area contributed by atoms with E-state index in [0.717, 1.165) is 31.8 Å². The van der Waals surface area contributed by atoms with Crippen LogP contribution < -0.4 is 5.32 Å². The van der Waals surface area contributed by atoms with Crippen molar-refractivity contribution in [1.82, 2.24) is 4.98 Å². The van der Waals surface area contributed by atoms with Crippen molar-refractivity contribution >= 4 is 74.0 Å². The number of methoxy groups -OCH3 is 1. The van der Waals surface area contributed by atoms with Gasteiger partial charge in [0, 0.05) is 15.8 Å². The van der Waals surface area contributed by atoms with E-state index >= 15 is 0 Å². The maximum Gasteiger partial charge on any atom is 0.201 e. The average Bonchev–Trinajstić information content (AvgIpc) is 3.17. The van der Waals surface area contributed by atoms with Gasteiger partial charge in [-0.1, -0.05) is 29.3 Å². The molecular formula is C16H12Cl2N2OS3. The number of rotatable bonds is 4. The number of aromatic nitrogens is 1. The van der Waals surface area contributed by atoms with E-state index in [9.17, 15) is 0 Å². The summed E-state index contributed by atoms with van der Waals surface area (Å²) >= 11 is 20.5. The molecule has 0 saturated heterocycles. The van der Waals surface area contributed by atoms with E-state index in [1.165, 1.54) is 11.3 Å². The standard InChI is InChI=1S/C16H12Cl2N2OS3/c1-8-9(6-13(24-8)15(22)21-2)12-7-23-16(20-12)19-11-5-3-4-10(17)14(11)18/h3-7H,1-2H3,(H,19,20). The van der Waals surface area contributed by atoms with Crippen LogP contribution in [0, 0.1) is 6.92 Å². The summed E-state index contributed by atoms with van der Waals surface area (Å²) in [5.41, 5.74) is 2.67. The molecule has 0 spiro atoms. The van der Waals surface area contributed by atoms with Crippen molar-refractivity contribution in [2.24, 2.45) is 0 Å². The summed E-state index contributed by atoms with van der Waals surface area (Å²) in [4.78, 5) is 6.71. The third-order valence-electron chi connectivity index (χ3n) is 3.28. The zero-order chi connectivity index (χ0) is 17.3. The summed E-state index contributed by atoms with van der Waals surface area (Å²) in [5.74, 6) is 0. The van der Waals surface area contributed by atoms with Gasteiger partial charge >= 0.3 is 0 Å². The number of hydrogen-bond donors (Lipinski definition) is 1. The Morgan fingerprint density at radius 3 is 2.88 bits per heavy atom. The van der Waals surface area contributed by atoms with E-state index in [2.05, 4.69) is 10.3 Å². The Morgan fingerprint density at radius 2 is 2.12 bits per heavy atom. The number of halogens is 2. The number of aryl methyl sites for hydroxylation is 1. The number of thiazole rings is 1. The third-order valence-corrected chi connectivity index (χ3v) is 6.42. The first kappa shape index (κ1) is 17.6. The normalized spacial score (nSPS) is 10.7. The molecule has 24 heavy (non-hydrogen) atoms. The monoisotopic (exact) mass is 414 g/mol. The Hall–Kier alpha value is -1.18. The molecule has 0 aliphatic rings. The molecule has 1 N–H and O–H groups in total. The van der Waals surface area contributed by atoms with Gasteiger partial charge < -0.3 is 10.1 Å². The van der Waals surface area contributed by atoms with Crippen molar-refractivity contribution in [3.8, 4) is 11.3 Å². The van der Waals surface area contributed by atoms with Gasteiger partial charge in [0.25, 0.3) is 0 Å². The maximum absolute atomic E-state index is 6.20. The predicted octanol–water partition coefficient (Wildman–Crippen LogP) is 6.55. The van der Waals surface area contributed by atoms with Gasteiger partial charge in [-0.05, 0) is 37.3 Å². The van der Waals surface area contributed by atoms with Crippen molar-refractivity contribution < 1.29 is 4.74 Å². The first-order chi connectivity index (χ1) is 11.5. The zero-order valence-electron chi connectivity index (χ0n) is 12.7. The largest absolute Gasteiger partial charge is 0.486 e. The van der Waals surface area contributed by atoms with E-state index in [1.54, 1.807) is 24.5 Å². The number of thiocarbonyl (C=S) groups is 1. The van der Waals surface area contributed by atoms with Crippen LogP contribution in [0.1, 0.15) is 9.75 Å². The van der Waals surface area contributed by atoms with Crippen molar-refractivity contribution in [1.29, 1.82) is 0 Å². The smallest absolute Gasteiger partial charge is 0.201 e. The Bertz CT molecular complexity index is 905. The van der Waals surface area contributed by atoms with Crippen molar-refractivity contribution in [3.63, 3.8) is 0 Å². The number of thiophene rings is 1. The van der Waals surface area contributed by atoms with E-state index in [0.29, 0.717) is 15.1 Å². The summed E-state index contributed by atoms with van der Waals surface area (Å²) in [6.45, 7) is 2.04. The minimum Gasteiger partial charge on any atom is -0.486 e. The molecule has 0 atom stereocenters. The Labute approximate surface area is 163 Å². The van der Waals surface area contributed by atoms with Gasteiger partial charge in [0.15, 0.2) is 5.13 Å². The maximum atomic E-state index is 6.20. The lowest BCUT2D eigenvalue weighted by molar-refractivity contribution is 0.417. The summed E-state index contributed by atoms with van der Waals surface area (Å²) in [6.07, 6.45) is 0. The highest BCUT2D eigenvalue weighted by Gasteiger charge is 2.14. The van der Waals surface area contributed by atoms with Crippen molar-refractivity contribution in [3.05, 3.63) is 49.4 Å². The lowest BCUT2D eigenvalue weighted by Crippen LogP contribution is -1.95. The Kier molecular flexibility index (Phi) is 5.42. The fourth-order valence-corrected chi connectivity index (χ4v) is 4.31. The van der Waals surface area contributed by atoms with Gasteiger partial charge in [-0.15, -0.1) is 22.7 Å². The average molecular weight is 415 g/mol. The zero-order valence-corrected chi connectivity index (χ0v) is 16.7. The molecule has 3 rings (SSSR count). The van der Waals surface area contributed by atoms with E-state index < -0.39 is 0 Å². The lowest BCUT2D eigenvalue weighted by atomic mass is 10.2. The van der Waals surface area contributed by atoms with Crippen LogP contribution >= 0.6 is 58.1 Å². The molecule has 0 saturated carbocycles. The molecule has 3 aromatic rings. The van der Waals surface area contributed by atoms with Gasteiger partial charge in [0.05, 0.1) is 33.4 Å². The third kappa shape index (κ3) is 3.58. The molecule has 0 amide bonds. The molecule has 3 nitrogen and oxygen atoms in total. The number of nitrogens with one attached hydrogen (secondary N) is 1. The Balaban J connectivity index is 1.87. The highest BCUT2D eigenvalue weighted by molar-refractivity contribution is 7.80. The molecule has 2 aromatic heterocycles. The number of ether oxygens (including phenoxy) is 1. The van der Waals surface area contributed by atoms with Gasteiger partial charge in [-0.2, -0.15) is 0 Å². The second kappa shape index (κ2) is 7.37. The molecule has 8 heteroatoms. The highest BCUT2D eigenvalue weighted by Crippen LogP contribution is 2.36. The molecule has 1 aromatic carbocycles. The van der Waals surface area contributed by atoms with E-state index in [-0.39, 0.29) is 0 Å². The quantitative estimate of drug-likeness (QED) is 0.490. The van der Waals surface area contributed by atoms with Crippen LogP contribution in [-0.2, 0) is 4.74 Å². The van der Waals surface area contributed by atoms with Gasteiger partial charge in [0.2, 0.25) is 5.05 Å². The number of benzene rings is 1. The number of nitrogens with zero attached hydrogens (tertiary/aromatic N) is 1. The molecular weight excluding hydrogens is 403 g/mol. The molecule has 0 aliphatic carbocycles. The van der Waals surface area contributed by atoms with E-state index in [1.807, 2.05) is 30.5 Å². The topological polar surface area (TPSA) is 34.1 Å². The van der Waals surface area contributed by atoms with Gasteiger partial charge in [-0.25, -0.2) is 4.98 Å². The minimum absolute atomic E-state index is 0.482. The highest BCUT2D eigenvalue weighted by atomic mass is 35.5. The molecule has 124 valence electrons. The van der Waals surface area contributed by atoms with Gasteiger partial charge in [0.1, 0.15) is 0 Å². The van der Waals surface area contributed by atoms with Gasteiger partial charge in [-0.3, -0.25) is 0 Å². The molecule has 2 heterocycles. The summed E-state index contributed by atoms with van der Waals surface area (Å²) in [7, 11) is 1.58. The predicted molar refractivity (Wildman–Crippen MR) is 109 cm³/mol. The van der Waals surface area contributed by atoms with Crippen LogP contribution in [0.25, 0.3) is 11.3 Å². The molecule has 0 radical (unpaired) electrons. The van der Waals surface area contributed by atoms with Crippen LogP contribution in [0.3, 0.4) is 0 Å². The fourth-order valence-electron chi connectivity index (χ4n) is 2.11. The first-order valence-electron chi connectivity index (χ1n) is 6.85. The van der Waals surface area contributed by atoms with Crippen molar-refractivity contribution in [2.45, 2.75) is 6.92 Å². The van der Waals surface area contributed by atoms with Crippen LogP contribution in [0.2, 0.25) is 10.0 Å². The molecule has 0 unspecified atom stereocenters. The molecule has 0 aliphatic heterocycles. The summed E-state index contributed by atoms with van der Waals surface area (Å²) in [5, 5.41) is 7.43. The van der Waals surface area contributed by atoms with Crippen molar-refractivity contribution in [2.75, 3.05) is 12.4 Å². The summed E-state index contributed by atoms with van der Waals surface area (Å²) in [6, 6.07) is 7.46. The second-order valence-electron chi connectivity index (χ2n) is 4.84. The van der Waals surface area contributed by atoms with Crippen LogP contribution in [-0.4, -0.2) is 17.1 Å². The summed E-state index contributed by atoms with van der Waals surface area (Å²) < 4.78 is 5.13. The fraction of sp³-hybridized carbons (Fsp3) is 0.125. The SMILES string of the molecule is COC(=S)c1cc(-c2csc(Nc3cccc(Cl)c3Cl)n2)c(C)s1.